The van der Waals surface area contributed by atoms with Crippen LogP contribution in [0.1, 0.15) is 6.92 Å². The number of imidazole rings is 1. The van der Waals surface area contributed by atoms with Gasteiger partial charge in [-0.05, 0) is 24.6 Å². The van der Waals surface area contributed by atoms with Crippen molar-refractivity contribution in [3.63, 3.8) is 0 Å². The van der Waals surface area contributed by atoms with Crippen molar-refractivity contribution in [3.8, 4) is 0 Å². The topological polar surface area (TPSA) is 89.8 Å². The van der Waals surface area contributed by atoms with Crippen molar-refractivity contribution < 1.29 is 8.42 Å². The van der Waals surface area contributed by atoms with Crippen LogP contribution >= 0.6 is 11.6 Å². The monoisotopic (exact) mass is 287 g/mol. The molecule has 0 atom stereocenters. The first-order valence-corrected chi connectivity index (χ1v) is 6.90. The van der Waals surface area contributed by atoms with E-state index in [1.165, 1.54) is 24.8 Å². The molecular formula is C9H10ClN5O2S. The molecule has 0 unspecified atom stereocenters. The van der Waals surface area contributed by atoms with Gasteiger partial charge in [-0.3, -0.25) is 4.72 Å². The third-order valence-corrected chi connectivity index (χ3v) is 3.54. The molecule has 0 bridgehead atoms. The summed E-state index contributed by atoms with van der Waals surface area (Å²) in [6, 6.07) is 1.40. The molecule has 2 heterocycles. The molecule has 0 aliphatic rings. The largest absolute Gasteiger partial charge is 0.336 e. The Morgan fingerprint density at radius 2 is 2.22 bits per heavy atom. The fourth-order valence-corrected chi connectivity index (χ4v) is 2.33. The summed E-state index contributed by atoms with van der Waals surface area (Å²) in [5, 5.41) is -0.103. The first kappa shape index (κ1) is 12.8. The summed E-state index contributed by atoms with van der Waals surface area (Å²) in [4.78, 5) is 11.2. The van der Waals surface area contributed by atoms with Crippen LogP contribution in [0.15, 0.2) is 29.8 Å². The van der Waals surface area contributed by atoms with E-state index in [-0.39, 0.29) is 16.1 Å². The number of aryl methyl sites for hydroxylation is 1. The highest BCUT2D eigenvalue weighted by Crippen LogP contribution is 2.13. The fraction of sp³-hybridized carbons (Fsp3) is 0.222. The average molecular weight is 288 g/mol. The number of nitrogens with zero attached hydrogens (tertiary/aromatic N) is 4. The SMILES string of the molecule is CCn1cnc(S(=O)(=O)Nc2ccnc(Cl)n2)c1. The van der Waals surface area contributed by atoms with E-state index < -0.39 is 10.0 Å². The van der Waals surface area contributed by atoms with Gasteiger partial charge in [0.2, 0.25) is 5.28 Å². The first-order chi connectivity index (χ1) is 8.51. The maximum Gasteiger partial charge on any atom is 0.282 e. The second-order valence-corrected chi connectivity index (χ2v) is 5.33. The van der Waals surface area contributed by atoms with Crippen molar-refractivity contribution in [3.05, 3.63) is 30.1 Å². The molecule has 0 aliphatic heterocycles. The predicted molar refractivity (Wildman–Crippen MR) is 65.8 cm³/mol. The Bertz CT molecular complexity index is 654. The maximum absolute atomic E-state index is 12.0. The molecule has 0 saturated heterocycles. The van der Waals surface area contributed by atoms with Gasteiger partial charge in [0.05, 0.1) is 6.33 Å². The van der Waals surface area contributed by atoms with Gasteiger partial charge in [0.25, 0.3) is 10.0 Å². The summed E-state index contributed by atoms with van der Waals surface area (Å²) in [6.07, 6.45) is 4.24. The highest BCUT2D eigenvalue weighted by atomic mass is 35.5. The number of hydrogen-bond acceptors (Lipinski definition) is 5. The van der Waals surface area contributed by atoms with Gasteiger partial charge in [0, 0.05) is 18.9 Å². The Morgan fingerprint density at radius 3 is 2.83 bits per heavy atom. The Morgan fingerprint density at radius 1 is 1.44 bits per heavy atom. The van der Waals surface area contributed by atoms with Crippen LogP contribution in [-0.2, 0) is 16.6 Å². The van der Waals surface area contributed by atoms with Gasteiger partial charge in [0.15, 0.2) is 5.03 Å². The minimum absolute atomic E-state index is 0.0331. The summed E-state index contributed by atoms with van der Waals surface area (Å²) in [5.41, 5.74) is 0. The molecule has 0 radical (unpaired) electrons. The van der Waals surface area contributed by atoms with Crippen LogP contribution in [0, 0.1) is 0 Å². The second kappa shape index (κ2) is 4.91. The normalized spacial score (nSPS) is 11.4. The number of anilines is 1. The number of halogens is 1. The lowest BCUT2D eigenvalue weighted by Gasteiger charge is -2.04. The van der Waals surface area contributed by atoms with Crippen LogP contribution in [-0.4, -0.2) is 27.9 Å². The van der Waals surface area contributed by atoms with Crippen molar-refractivity contribution in [2.24, 2.45) is 0 Å². The Balaban J connectivity index is 2.27. The number of rotatable bonds is 4. The summed E-state index contributed by atoms with van der Waals surface area (Å²) in [6.45, 7) is 2.53. The van der Waals surface area contributed by atoms with E-state index in [1.807, 2.05) is 6.92 Å². The summed E-state index contributed by atoms with van der Waals surface area (Å²) in [5.74, 6) is 0.0982. The molecule has 0 fully saturated rings. The molecule has 1 N–H and O–H groups in total. The number of aromatic nitrogens is 4. The van der Waals surface area contributed by atoms with Gasteiger partial charge in [-0.25, -0.2) is 9.97 Å². The van der Waals surface area contributed by atoms with E-state index in [1.54, 1.807) is 4.57 Å². The Labute approximate surface area is 109 Å². The summed E-state index contributed by atoms with van der Waals surface area (Å²) in [7, 11) is -3.75. The van der Waals surface area contributed by atoms with Crippen LogP contribution in [0.25, 0.3) is 0 Å². The molecule has 0 aliphatic carbocycles. The molecule has 2 aromatic rings. The molecule has 18 heavy (non-hydrogen) atoms. The van der Waals surface area contributed by atoms with Crippen LogP contribution in [0.2, 0.25) is 5.28 Å². The highest BCUT2D eigenvalue weighted by molar-refractivity contribution is 7.92. The van der Waals surface area contributed by atoms with Crippen molar-refractivity contribution in [2.45, 2.75) is 18.5 Å². The van der Waals surface area contributed by atoms with Crippen LogP contribution in [0.3, 0.4) is 0 Å². The number of hydrogen-bond donors (Lipinski definition) is 1. The lowest BCUT2D eigenvalue weighted by Crippen LogP contribution is -2.14. The van der Waals surface area contributed by atoms with E-state index in [9.17, 15) is 8.42 Å². The molecule has 2 aromatic heterocycles. The van der Waals surface area contributed by atoms with Crippen LogP contribution < -0.4 is 4.72 Å². The quantitative estimate of drug-likeness (QED) is 0.852. The van der Waals surface area contributed by atoms with Gasteiger partial charge in [-0.15, -0.1) is 0 Å². The van der Waals surface area contributed by atoms with Gasteiger partial charge in [-0.2, -0.15) is 13.4 Å². The molecule has 0 spiro atoms. The molecule has 0 aromatic carbocycles. The zero-order chi connectivity index (χ0) is 13.2. The van der Waals surface area contributed by atoms with E-state index in [4.69, 9.17) is 11.6 Å². The van der Waals surface area contributed by atoms with Gasteiger partial charge in [0.1, 0.15) is 5.82 Å². The molecule has 9 heteroatoms. The fourth-order valence-electron chi connectivity index (χ4n) is 1.23. The second-order valence-electron chi connectivity index (χ2n) is 3.36. The average Bonchev–Trinajstić information content (AvgIpc) is 2.77. The lowest BCUT2D eigenvalue weighted by atomic mass is 10.6. The third-order valence-electron chi connectivity index (χ3n) is 2.12. The Hall–Kier alpha value is -1.67. The summed E-state index contributed by atoms with van der Waals surface area (Å²) < 4.78 is 27.8. The van der Waals surface area contributed by atoms with Crippen molar-refractivity contribution >= 4 is 27.4 Å². The number of nitrogens with one attached hydrogen (secondary N) is 1. The van der Waals surface area contributed by atoms with Crippen molar-refractivity contribution in [1.82, 2.24) is 19.5 Å². The van der Waals surface area contributed by atoms with E-state index in [0.29, 0.717) is 6.54 Å². The molecule has 0 saturated carbocycles. The predicted octanol–water partition coefficient (Wildman–Crippen LogP) is 1.15. The molecule has 2 rings (SSSR count). The molecule has 0 amide bonds. The van der Waals surface area contributed by atoms with Gasteiger partial charge in [-0.1, -0.05) is 0 Å². The van der Waals surface area contributed by atoms with Crippen LogP contribution in [0.4, 0.5) is 5.82 Å². The number of sulfonamides is 1. The van der Waals surface area contributed by atoms with E-state index in [2.05, 4.69) is 19.7 Å². The third kappa shape index (κ3) is 2.77. The standard InChI is InChI=1S/C9H10ClN5O2S/c1-2-15-5-8(12-6-15)18(16,17)14-7-3-4-11-9(10)13-7/h3-6H,2H2,1H3,(H,11,13,14). The van der Waals surface area contributed by atoms with Crippen molar-refractivity contribution in [2.75, 3.05) is 4.72 Å². The molecule has 7 nitrogen and oxygen atoms in total. The minimum Gasteiger partial charge on any atom is -0.336 e. The van der Waals surface area contributed by atoms with Crippen molar-refractivity contribution in [1.29, 1.82) is 0 Å². The minimum atomic E-state index is -3.75. The molecule has 96 valence electrons. The zero-order valence-electron chi connectivity index (χ0n) is 9.41. The van der Waals surface area contributed by atoms with Gasteiger partial charge >= 0.3 is 0 Å². The molecular weight excluding hydrogens is 278 g/mol. The zero-order valence-corrected chi connectivity index (χ0v) is 11.0. The Kier molecular flexibility index (Phi) is 3.48. The smallest absolute Gasteiger partial charge is 0.282 e. The van der Waals surface area contributed by atoms with Gasteiger partial charge < -0.3 is 4.57 Å². The maximum atomic E-state index is 12.0. The first-order valence-electron chi connectivity index (χ1n) is 5.04. The summed E-state index contributed by atoms with van der Waals surface area (Å²) >= 11 is 5.57. The van der Waals surface area contributed by atoms with E-state index >= 15 is 0 Å². The lowest BCUT2D eigenvalue weighted by molar-refractivity contribution is 0.597. The van der Waals surface area contributed by atoms with E-state index in [0.717, 1.165) is 0 Å². The highest BCUT2D eigenvalue weighted by Gasteiger charge is 2.18. The van der Waals surface area contributed by atoms with Crippen LogP contribution in [0.5, 0.6) is 0 Å².